The molecule has 0 radical (unpaired) electrons. The molecule has 2 heterocycles. The summed E-state index contributed by atoms with van der Waals surface area (Å²) in [6.45, 7) is 5.14. The number of hydrogen-bond donors (Lipinski definition) is 0. The summed E-state index contributed by atoms with van der Waals surface area (Å²) >= 11 is 3.15. The van der Waals surface area contributed by atoms with Gasteiger partial charge in [0.2, 0.25) is 5.91 Å². The molecule has 0 fully saturated rings. The molecule has 0 N–H and O–H groups in total. The SMILES string of the molecule is CC(C)Cn1c(SCC(=O)N2c3ccccc3Sc3ccccc32)nnc1-c1ccccc1. The molecule has 0 saturated heterocycles. The fraction of sp³-hybridized carbons (Fsp3) is 0.192. The van der Waals surface area contributed by atoms with Gasteiger partial charge in [-0.15, -0.1) is 10.2 Å². The minimum absolute atomic E-state index is 0.0283. The maximum Gasteiger partial charge on any atom is 0.242 e. The van der Waals surface area contributed by atoms with Crippen LogP contribution in [0.1, 0.15) is 13.8 Å². The van der Waals surface area contributed by atoms with Crippen LogP contribution in [-0.4, -0.2) is 26.4 Å². The highest BCUT2D eigenvalue weighted by molar-refractivity contribution is 8.00. The molecule has 1 aliphatic rings. The quantitative estimate of drug-likeness (QED) is 0.299. The van der Waals surface area contributed by atoms with E-state index in [9.17, 15) is 4.79 Å². The number of rotatable bonds is 6. The van der Waals surface area contributed by atoms with E-state index in [0.29, 0.717) is 5.92 Å². The number of fused-ring (bicyclic) bond motifs is 2. The van der Waals surface area contributed by atoms with Crippen molar-refractivity contribution in [2.24, 2.45) is 5.92 Å². The van der Waals surface area contributed by atoms with Crippen molar-refractivity contribution in [1.29, 1.82) is 0 Å². The number of carbonyl (C=O) groups excluding carboxylic acids is 1. The van der Waals surface area contributed by atoms with Gasteiger partial charge in [-0.25, -0.2) is 0 Å². The van der Waals surface area contributed by atoms with Crippen molar-refractivity contribution >= 4 is 40.8 Å². The van der Waals surface area contributed by atoms with E-state index >= 15 is 0 Å². The van der Waals surface area contributed by atoms with E-state index in [1.165, 1.54) is 11.8 Å². The van der Waals surface area contributed by atoms with Crippen LogP contribution in [0.25, 0.3) is 11.4 Å². The molecule has 1 amide bonds. The summed E-state index contributed by atoms with van der Waals surface area (Å²) in [5.41, 5.74) is 2.89. The smallest absolute Gasteiger partial charge is 0.242 e. The van der Waals surface area contributed by atoms with Gasteiger partial charge in [0.25, 0.3) is 0 Å². The average molecular weight is 473 g/mol. The second kappa shape index (κ2) is 9.45. The van der Waals surface area contributed by atoms with Gasteiger partial charge < -0.3 is 4.57 Å². The lowest BCUT2D eigenvalue weighted by atomic mass is 10.2. The first-order chi connectivity index (χ1) is 16.1. The molecule has 0 atom stereocenters. The Morgan fingerprint density at radius 3 is 2.12 bits per heavy atom. The molecule has 7 heteroatoms. The topological polar surface area (TPSA) is 51.0 Å². The highest BCUT2D eigenvalue weighted by Crippen LogP contribution is 2.48. The zero-order valence-corrected chi connectivity index (χ0v) is 20.1. The second-order valence-corrected chi connectivity index (χ2v) is 10.3. The number of anilines is 2. The highest BCUT2D eigenvalue weighted by Gasteiger charge is 2.28. The van der Waals surface area contributed by atoms with Gasteiger partial charge >= 0.3 is 0 Å². The molecule has 166 valence electrons. The number of para-hydroxylation sites is 2. The molecule has 0 saturated carbocycles. The largest absolute Gasteiger partial charge is 0.302 e. The average Bonchev–Trinajstić information content (AvgIpc) is 3.23. The fourth-order valence-corrected chi connectivity index (χ4v) is 5.75. The predicted octanol–water partition coefficient (Wildman–Crippen LogP) is 6.52. The Morgan fingerprint density at radius 2 is 1.48 bits per heavy atom. The number of aromatic nitrogens is 3. The summed E-state index contributed by atoms with van der Waals surface area (Å²) in [5.74, 6) is 1.57. The van der Waals surface area contributed by atoms with Gasteiger partial charge in [-0.3, -0.25) is 9.69 Å². The van der Waals surface area contributed by atoms with Crippen LogP contribution in [0.2, 0.25) is 0 Å². The standard InChI is InChI=1S/C26H24N4OS2/c1-18(2)16-29-25(19-10-4-3-5-11-19)27-28-26(29)32-17-24(31)30-20-12-6-8-14-22(20)33-23-15-9-7-13-21(23)30/h3-15,18H,16-17H2,1-2H3. The molecule has 3 aromatic carbocycles. The van der Waals surface area contributed by atoms with Gasteiger partial charge in [-0.2, -0.15) is 0 Å². The molecule has 0 aliphatic carbocycles. The van der Waals surface area contributed by atoms with Gasteiger partial charge in [0.05, 0.1) is 17.1 Å². The van der Waals surface area contributed by atoms with Crippen molar-refractivity contribution in [3.05, 3.63) is 78.9 Å². The molecular weight excluding hydrogens is 448 g/mol. The molecular formula is C26H24N4OS2. The van der Waals surface area contributed by atoms with Crippen LogP contribution in [0.4, 0.5) is 11.4 Å². The van der Waals surface area contributed by atoms with Gasteiger partial charge in [-0.05, 0) is 30.2 Å². The van der Waals surface area contributed by atoms with E-state index < -0.39 is 0 Å². The lowest BCUT2D eigenvalue weighted by Crippen LogP contribution is -2.30. The lowest BCUT2D eigenvalue weighted by molar-refractivity contribution is -0.115. The van der Waals surface area contributed by atoms with Crippen molar-refractivity contribution in [3.8, 4) is 11.4 Å². The number of thioether (sulfide) groups is 1. The van der Waals surface area contributed by atoms with Crippen molar-refractivity contribution in [1.82, 2.24) is 14.8 Å². The highest BCUT2D eigenvalue weighted by atomic mass is 32.2. The molecule has 5 nitrogen and oxygen atoms in total. The van der Waals surface area contributed by atoms with E-state index in [0.717, 1.165) is 44.3 Å². The third kappa shape index (κ3) is 4.43. The van der Waals surface area contributed by atoms with Crippen molar-refractivity contribution in [3.63, 3.8) is 0 Å². The number of hydrogen-bond acceptors (Lipinski definition) is 5. The summed E-state index contributed by atoms with van der Waals surface area (Å²) in [7, 11) is 0. The Labute approximate surface area is 202 Å². The van der Waals surface area contributed by atoms with Gasteiger partial charge in [0, 0.05) is 21.9 Å². The van der Waals surface area contributed by atoms with Crippen molar-refractivity contribution in [2.45, 2.75) is 35.3 Å². The number of carbonyl (C=O) groups is 1. The first kappa shape index (κ1) is 21.8. The third-order valence-electron chi connectivity index (χ3n) is 5.30. The van der Waals surface area contributed by atoms with Crippen LogP contribution < -0.4 is 4.90 Å². The lowest BCUT2D eigenvalue weighted by Gasteiger charge is -2.30. The number of benzene rings is 3. The van der Waals surface area contributed by atoms with Crippen LogP contribution in [0.15, 0.2) is 93.8 Å². The van der Waals surface area contributed by atoms with E-state index in [1.54, 1.807) is 11.8 Å². The van der Waals surface area contributed by atoms with Crippen LogP contribution in [0.5, 0.6) is 0 Å². The zero-order valence-electron chi connectivity index (χ0n) is 18.5. The summed E-state index contributed by atoms with van der Waals surface area (Å²) in [5, 5.41) is 9.69. The fourth-order valence-electron chi connectivity index (χ4n) is 3.89. The molecule has 0 unspecified atom stereocenters. The normalized spacial score (nSPS) is 12.5. The van der Waals surface area contributed by atoms with Crippen LogP contribution in [-0.2, 0) is 11.3 Å². The maximum atomic E-state index is 13.5. The maximum absolute atomic E-state index is 13.5. The number of amides is 1. The van der Waals surface area contributed by atoms with Gasteiger partial charge in [0.15, 0.2) is 11.0 Å². The molecule has 5 rings (SSSR count). The van der Waals surface area contributed by atoms with E-state index in [2.05, 4.69) is 40.7 Å². The van der Waals surface area contributed by atoms with E-state index in [-0.39, 0.29) is 11.7 Å². The summed E-state index contributed by atoms with van der Waals surface area (Å²) in [6, 6.07) is 26.2. The van der Waals surface area contributed by atoms with Crippen LogP contribution in [0.3, 0.4) is 0 Å². The Kier molecular flexibility index (Phi) is 6.24. The Bertz CT molecular complexity index is 1240. The van der Waals surface area contributed by atoms with Gasteiger partial charge in [-0.1, -0.05) is 92.0 Å². The minimum Gasteiger partial charge on any atom is -0.302 e. The van der Waals surface area contributed by atoms with Gasteiger partial charge in [0.1, 0.15) is 0 Å². The zero-order chi connectivity index (χ0) is 22.8. The third-order valence-corrected chi connectivity index (χ3v) is 7.38. The molecule has 33 heavy (non-hydrogen) atoms. The first-order valence-electron chi connectivity index (χ1n) is 10.9. The molecule has 0 bridgehead atoms. The molecule has 1 aromatic heterocycles. The Balaban J connectivity index is 1.43. The molecule has 1 aliphatic heterocycles. The second-order valence-electron chi connectivity index (χ2n) is 8.23. The van der Waals surface area contributed by atoms with Crippen molar-refractivity contribution in [2.75, 3.05) is 10.7 Å². The monoisotopic (exact) mass is 472 g/mol. The van der Waals surface area contributed by atoms with E-state index in [1.807, 2.05) is 71.6 Å². The Hall–Kier alpha value is -3.03. The van der Waals surface area contributed by atoms with Crippen LogP contribution >= 0.6 is 23.5 Å². The molecule has 4 aromatic rings. The van der Waals surface area contributed by atoms with Crippen LogP contribution in [0, 0.1) is 5.92 Å². The molecule has 0 spiro atoms. The summed E-state index contributed by atoms with van der Waals surface area (Å²) in [6.07, 6.45) is 0. The first-order valence-corrected chi connectivity index (χ1v) is 12.7. The summed E-state index contributed by atoms with van der Waals surface area (Å²) in [4.78, 5) is 17.6. The Morgan fingerprint density at radius 1 is 0.879 bits per heavy atom. The van der Waals surface area contributed by atoms with Crippen molar-refractivity contribution < 1.29 is 4.79 Å². The number of nitrogens with zero attached hydrogens (tertiary/aromatic N) is 4. The minimum atomic E-state index is 0.0283. The van der Waals surface area contributed by atoms with E-state index in [4.69, 9.17) is 0 Å². The summed E-state index contributed by atoms with van der Waals surface area (Å²) < 4.78 is 2.13. The predicted molar refractivity (Wildman–Crippen MR) is 135 cm³/mol.